The summed E-state index contributed by atoms with van der Waals surface area (Å²) in [6, 6.07) is 13.4. The van der Waals surface area contributed by atoms with Crippen molar-refractivity contribution in [2.45, 2.75) is 6.42 Å². The van der Waals surface area contributed by atoms with Crippen LogP contribution < -0.4 is 5.32 Å². The third-order valence-corrected chi connectivity index (χ3v) is 8.38. The van der Waals surface area contributed by atoms with Gasteiger partial charge in [-0.2, -0.15) is 17.0 Å². The average molecular weight is 474 g/mol. The zero-order chi connectivity index (χ0) is 23.4. The topological polar surface area (TPSA) is 93.3 Å². The monoisotopic (exact) mass is 473 g/mol. The molecule has 2 amide bonds. The van der Waals surface area contributed by atoms with Gasteiger partial charge in [-0.05, 0) is 30.0 Å². The van der Waals surface area contributed by atoms with Gasteiger partial charge in [-0.1, -0.05) is 30.3 Å². The van der Waals surface area contributed by atoms with Gasteiger partial charge in [0.25, 0.3) is 16.1 Å². The normalized spacial score (nSPS) is 19.0. The van der Waals surface area contributed by atoms with Gasteiger partial charge in [-0.15, -0.1) is 0 Å². The Kier molecular flexibility index (Phi) is 7.28. The van der Waals surface area contributed by atoms with E-state index in [1.165, 1.54) is 8.61 Å². The molecule has 0 spiro atoms. The van der Waals surface area contributed by atoms with Crippen LogP contribution in [-0.4, -0.2) is 105 Å². The van der Waals surface area contributed by atoms with E-state index in [0.29, 0.717) is 44.8 Å². The Labute approximate surface area is 195 Å². The lowest BCUT2D eigenvalue weighted by atomic mass is 10.1. The second-order valence-electron chi connectivity index (χ2n) is 8.56. The summed E-state index contributed by atoms with van der Waals surface area (Å²) in [5.74, 6) is -0.290. The molecule has 2 aliphatic heterocycles. The fourth-order valence-corrected chi connectivity index (χ4v) is 5.80. The molecule has 0 aliphatic carbocycles. The van der Waals surface area contributed by atoms with Crippen LogP contribution in [0, 0.1) is 0 Å². The Morgan fingerprint density at radius 1 is 0.848 bits per heavy atom. The van der Waals surface area contributed by atoms with Gasteiger partial charge in [0.05, 0.1) is 0 Å². The Balaban J connectivity index is 1.22. The van der Waals surface area contributed by atoms with Crippen molar-refractivity contribution in [1.82, 2.24) is 23.7 Å². The molecule has 10 heteroatoms. The first-order valence-electron chi connectivity index (χ1n) is 11.3. The molecule has 0 atom stereocenters. The van der Waals surface area contributed by atoms with E-state index in [0.717, 1.165) is 23.9 Å². The minimum atomic E-state index is -3.49. The van der Waals surface area contributed by atoms with E-state index in [1.54, 1.807) is 11.0 Å². The molecular formula is C23H31N5O4S. The van der Waals surface area contributed by atoms with Gasteiger partial charge in [-0.3, -0.25) is 9.59 Å². The highest BCUT2D eigenvalue weighted by atomic mass is 32.2. The number of hydrogen-bond acceptors (Lipinski definition) is 5. The van der Waals surface area contributed by atoms with Crippen LogP contribution in [0.3, 0.4) is 0 Å². The largest absolute Gasteiger partial charge is 0.352 e. The summed E-state index contributed by atoms with van der Waals surface area (Å²) >= 11 is 0. The molecule has 2 fully saturated rings. The lowest BCUT2D eigenvalue weighted by Crippen LogP contribution is -2.57. The molecule has 178 valence electrons. The molecule has 4 rings (SSSR count). The first kappa shape index (κ1) is 23.6. The molecular weight excluding hydrogens is 442 g/mol. The molecule has 0 radical (unpaired) electrons. The number of hydrogen-bond donors (Lipinski definition) is 1. The van der Waals surface area contributed by atoms with Crippen LogP contribution in [0.5, 0.6) is 0 Å². The van der Waals surface area contributed by atoms with Crippen LogP contribution in [0.1, 0.15) is 16.8 Å². The fourth-order valence-electron chi connectivity index (χ4n) is 4.22. The first-order valence-corrected chi connectivity index (χ1v) is 12.7. The zero-order valence-electron chi connectivity index (χ0n) is 18.9. The van der Waals surface area contributed by atoms with E-state index in [2.05, 4.69) is 10.2 Å². The maximum absolute atomic E-state index is 12.9. The maximum Gasteiger partial charge on any atom is 0.282 e. The molecule has 2 aromatic carbocycles. The van der Waals surface area contributed by atoms with Crippen molar-refractivity contribution in [3.63, 3.8) is 0 Å². The zero-order valence-corrected chi connectivity index (χ0v) is 19.8. The SMILES string of the molecule is CN1CCN(S(=O)(=O)N2CCN(C(=O)CCNC(=O)c3ccc4ccccc4c3)CC2)CC1. The second kappa shape index (κ2) is 10.2. The first-order chi connectivity index (χ1) is 15.8. The van der Waals surface area contributed by atoms with Gasteiger partial charge in [0.15, 0.2) is 0 Å². The average Bonchev–Trinajstić information content (AvgIpc) is 2.84. The minimum Gasteiger partial charge on any atom is -0.352 e. The Morgan fingerprint density at radius 2 is 1.45 bits per heavy atom. The molecule has 0 saturated carbocycles. The number of benzene rings is 2. The maximum atomic E-state index is 12.9. The van der Waals surface area contributed by atoms with E-state index in [9.17, 15) is 18.0 Å². The highest BCUT2D eigenvalue weighted by Gasteiger charge is 2.34. The van der Waals surface area contributed by atoms with Gasteiger partial charge in [0.1, 0.15) is 0 Å². The molecule has 2 aliphatic rings. The van der Waals surface area contributed by atoms with Crippen molar-refractivity contribution < 1.29 is 18.0 Å². The predicted octanol–water partition coefficient (Wildman–Crippen LogP) is 0.596. The standard InChI is InChI=1S/C23H31N5O4S/c1-25-10-14-27(15-11-25)33(31,32)28-16-12-26(13-17-28)22(29)8-9-24-23(30)21-7-6-19-4-2-3-5-20(19)18-21/h2-7,18H,8-17H2,1H3,(H,24,30). The molecule has 2 heterocycles. The summed E-state index contributed by atoms with van der Waals surface area (Å²) in [6.45, 7) is 4.00. The van der Waals surface area contributed by atoms with E-state index in [-0.39, 0.29) is 24.8 Å². The number of rotatable bonds is 6. The Morgan fingerprint density at radius 3 is 2.12 bits per heavy atom. The Hall–Kier alpha value is -2.53. The summed E-state index contributed by atoms with van der Waals surface area (Å²) in [6.07, 6.45) is 0.185. The third kappa shape index (κ3) is 5.52. The van der Waals surface area contributed by atoms with Gasteiger partial charge in [-0.25, -0.2) is 0 Å². The Bertz CT molecular complexity index is 1110. The number of carbonyl (C=O) groups is 2. The molecule has 0 aromatic heterocycles. The van der Waals surface area contributed by atoms with Crippen molar-refractivity contribution in [1.29, 1.82) is 0 Å². The van der Waals surface area contributed by atoms with Crippen molar-refractivity contribution >= 4 is 32.8 Å². The number of fused-ring (bicyclic) bond motifs is 1. The molecule has 33 heavy (non-hydrogen) atoms. The lowest BCUT2D eigenvalue weighted by molar-refractivity contribution is -0.132. The highest BCUT2D eigenvalue weighted by molar-refractivity contribution is 7.86. The molecule has 2 saturated heterocycles. The number of piperazine rings is 2. The van der Waals surface area contributed by atoms with Gasteiger partial charge >= 0.3 is 0 Å². The second-order valence-corrected chi connectivity index (χ2v) is 10.5. The summed E-state index contributed by atoms with van der Waals surface area (Å²) in [4.78, 5) is 28.8. The van der Waals surface area contributed by atoms with Crippen LogP contribution in [0.4, 0.5) is 0 Å². The predicted molar refractivity (Wildman–Crippen MR) is 127 cm³/mol. The summed E-state index contributed by atoms with van der Waals surface area (Å²) < 4.78 is 28.7. The fraction of sp³-hybridized carbons (Fsp3) is 0.478. The van der Waals surface area contributed by atoms with Crippen molar-refractivity contribution in [2.24, 2.45) is 0 Å². The molecule has 9 nitrogen and oxygen atoms in total. The summed E-state index contributed by atoms with van der Waals surface area (Å²) in [5, 5.41) is 4.87. The third-order valence-electron chi connectivity index (χ3n) is 6.34. The van der Waals surface area contributed by atoms with Crippen LogP contribution in [0.2, 0.25) is 0 Å². The number of carbonyl (C=O) groups excluding carboxylic acids is 2. The van der Waals surface area contributed by atoms with Gasteiger partial charge < -0.3 is 15.1 Å². The number of nitrogens with one attached hydrogen (secondary N) is 1. The van der Waals surface area contributed by atoms with Crippen molar-refractivity contribution in [3.05, 3.63) is 48.0 Å². The number of likely N-dealkylation sites (N-methyl/N-ethyl adjacent to an activating group) is 1. The number of nitrogens with zero attached hydrogens (tertiary/aromatic N) is 4. The van der Waals surface area contributed by atoms with Crippen LogP contribution in [0.25, 0.3) is 10.8 Å². The van der Waals surface area contributed by atoms with E-state index in [1.807, 2.05) is 43.4 Å². The van der Waals surface area contributed by atoms with Crippen molar-refractivity contribution in [3.8, 4) is 0 Å². The van der Waals surface area contributed by atoms with Crippen LogP contribution in [-0.2, 0) is 15.0 Å². The van der Waals surface area contributed by atoms with Gasteiger partial charge in [0.2, 0.25) is 5.91 Å². The lowest BCUT2D eigenvalue weighted by Gasteiger charge is -2.39. The highest BCUT2D eigenvalue weighted by Crippen LogP contribution is 2.16. The summed E-state index contributed by atoms with van der Waals surface area (Å²) in [5.41, 5.74) is 0.559. The van der Waals surface area contributed by atoms with Crippen LogP contribution >= 0.6 is 0 Å². The quantitative estimate of drug-likeness (QED) is 0.663. The number of amides is 2. The van der Waals surface area contributed by atoms with E-state index >= 15 is 0 Å². The molecule has 1 N–H and O–H groups in total. The van der Waals surface area contributed by atoms with E-state index < -0.39 is 10.2 Å². The smallest absolute Gasteiger partial charge is 0.282 e. The molecule has 0 bridgehead atoms. The van der Waals surface area contributed by atoms with Crippen molar-refractivity contribution in [2.75, 3.05) is 66.0 Å². The van der Waals surface area contributed by atoms with Gasteiger partial charge in [0, 0.05) is 70.9 Å². The van der Waals surface area contributed by atoms with Crippen LogP contribution in [0.15, 0.2) is 42.5 Å². The molecule has 0 unspecified atom stereocenters. The molecule has 2 aromatic rings. The summed E-state index contributed by atoms with van der Waals surface area (Å²) in [7, 11) is -1.50. The van der Waals surface area contributed by atoms with E-state index in [4.69, 9.17) is 0 Å². The minimum absolute atomic E-state index is 0.0783.